The van der Waals surface area contributed by atoms with Crippen LogP contribution in [0.4, 0.5) is 0 Å². The summed E-state index contributed by atoms with van der Waals surface area (Å²) >= 11 is 1.92. The molecule has 0 aromatic heterocycles. The molecule has 0 unspecified atom stereocenters. The van der Waals surface area contributed by atoms with Gasteiger partial charge in [0.25, 0.3) is 0 Å². The molecule has 5 fully saturated rings. The summed E-state index contributed by atoms with van der Waals surface area (Å²) in [5, 5.41) is 3.64. The van der Waals surface area contributed by atoms with Crippen molar-refractivity contribution < 1.29 is 4.79 Å². The molecule has 3 heteroatoms. The summed E-state index contributed by atoms with van der Waals surface area (Å²) in [5.74, 6) is 7.65. The van der Waals surface area contributed by atoms with Crippen LogP contribution in [-0.2, 0) is 4.79 Å². The molecule has 0 amide bonds. The van der Waals surface area contributed by atoms with Gasteiger partial charge in [-0.2, -0.15) is 0 Å². The van der Waals surface area contributed by atoms with Crippen LogP contribution in [0.2, 0.25) is 0 Å². The fraction of sp³-hybridized carbons (Fsp3) is 0.966. The summed E-state index contributed by atoms with van der Waals surface area (Å²) in [6.07, 6.45) is 14.7. The average molecular weight is 460 g/mol. The number of carbonyl (C=O) groups is 1. The molecule has 182 valence electrons. The van der Waals surface area contributed by atoms with Crippen molar-refractivity contribution in [3.63, 3.8) is 0 Å². The predicted molar refractivity (Wildman–Crippen MR) is 137 cm³/mol. The van der Waals surface area contributed by atoms with Crippen molar-refractivity contribution in [2.45, 2.75) is 110 Å². The standard InChI is InChI=1S/C29H49NOS/c1-19(2)7-6-8-20(3)23-11-12-24-22-10-9-21-17-29(30-15-16-32-29)26(31)18-28(21,5)25(22)13-14-27(23,24)4/h19-25,30H,6-18H2,1-5H3/t20-,21-,22+,23-,24+,25+,27-,28+,29-/m1/s1. The summed E-state index contributed by atoms with van der Waals surface area (Å²) < 4.78 is 0. The van der Waals surface area contributed by atoms with Gasteiger partial charge < -0.3 is 0 Å². The third-order valence-electron chi connectivity index (χ3n) is 11.7. The van der Waals surface area contributed by atoms with Crippen molar-refractivity contribution in [1.29, 1.82) is 0 Å². The zero-order chi connectivity index (χ0) is 22.7. The van der Waals surface area contributed by atoms with E-state index in [-0.39, 0.29) is 10.3 Å². The second-order valence-corrected chi connectivity index (χ2v) is 15.0. The molecule has 1 N–H and O–H groups in total. The summed E-state index contributed by atoms with van der Waals surface area (Å²) in [7, 11) is 0. The van der Waals surface area contributed by atoms with Gasteiger partial charge in [-0.15, -0.1) is 11.8 Å². The Labute approximate surface area is 202 Å². The summed E-state index contributed by atoms with van der Waals surface area (Å²) in [6, 6.07) is 0. The fourth-order valence-corrected chi connectivity index (χ4v) is 11.3. The zero-order valence-corrected chi connectivity index (χ0v) is 22.4. The first-order valence-corrected chi connectivity index (χ1v) is 15.1. The smallest absolute Gasteiger partial charge is 0.163 e. The highest BCUT2D eigenvalue weighted by Gasteiger charge is 2.63. The summed E-state index contributed by atoms with van der Waals surface area (Å²) in [6.45, 7) is 13.6. The second-order valence-electron chi connectivity index (χ2n) is 13.6. The summed E-state index contributed by atoms with van der Waals surface area (Å²) in [4.78, 5) is 13.2. The van der Waals surface area contributed by atoms with E-state index in [9.17, 15) is 4.79 Å². The molecule has 4 aliphatic carbocycles. The molecule has 1 saturated heterocycles. The molecule has 5 aliphatic rings. The Balaban J connectivity index is 1.31. The zero-order valence-electron chi connectivity index (χ0n) is 21.6. The molecule has 0 radical (unpaired) electrons. The van der Waals surface area contributed by atoms with E-state index < -0.39 is 0 Å². The average Bonchev–Trinajstić information content (AvgIpc) is 3.34. The molecule has 0 aromatic carbocycles. The van der Waals surface area contributed by atoms with Gasteiger partial charge in [0.1, 0.15) is 4.87 Å². The maximum atomic E-state index is 13.4. The first-order valence-electron chi connectivity index (χ1n) is 14.1. The number of fused-ring (bicyclic) bond motifs is 5. The lowest BCUT2D eigenvalue weighted by Gasteiger charge is -2.62. The maximum absolute atomic E-state index is 13.4. The van der Waals surface area contributed by atoms with E-state index in [0.29, 0.717) is 11.2 Å². The largest absolute Gasteiger partial charge is 0.297 e. The molecule has 4 saturated carbocycles. The number of rotatable bonds is 5. The molecule has 1 heterocycles. The fourth-order valence-electron chi connectivity index (χ4n) is 9.96. The van der Waals surface area contributed by atoms with Gasteiger partial charge in [-0.3, -0.25) is 10.1 Å². The van der Waals surface area contributed by atoms with Gasteiger partial charge in [0.15, 0.2) is 5.78 Å². The lowest BCUT2D eigenvalue weighted by Crippen LogP contribution is -2.60. The Hall–Kier alpha value is -0.0200. The van der Waals surface area contributed by atoms with Gasteiger partial charge in [0.2, 0.25) is 0 Å². The Morgan fingerprint density at radius 2 is 1.78 bits per heavy atom. The van der Waals surface area contributed by atoms with Crippen molar-refractivity contribution in [2.75, 3.05) is 12.3 Å². The van der Waals surface area contributed by atoms with E-state index in [1.165, 1.54) is 57.8 Å². The molecule has 32 heavy (non-hydrogen) atoms. The highest BCUT2D eigenvalue weighted by atomic mass is 32.2. The van der Waals surface area contributed by atoms with Crippen LogP contribution in [0, 0.1) is 52.3 Å². The number of hydrogen-bond acceptors (Lipinski definition) is 3. The number of ketones is 1. The lowest BCUT2D eigenvalue weighted by molar-refractivity contribution is -0.147. The van der Waals surface area contributed by atoms with Gasteiger partial charge >= 0.3 is 0 Å². The van der Waals surface area contributed by atoms with Gasteiger partial charge in [0.05, 0.1) is 0 Å². The molecule has 1 aliphatic heterocycles. The minimum absolute atomic E-state index is 0.218. The van der Waals surface area contributed by atoms with E-state index in [4.69, 9.17) is 0 Å². The highest BCUT2D eigenvalue weighted by Crippen LogP contribution is 2.69. The minimum Gasteiger partial charge on any atom is -0.297 e. The van der Waals surface area contributed by atoms with Crippen LogP contribution in [0.1, 0.15) is 105 Å². The van der Waals surface area contributed by atoms with Crippen LogP contribution < -0.4 is 5.32 Å². The Bertz CT molecular complexity index is 714. The molecule has 0 aromatic rings. The quantitative estimate of drug-likeness (QED) is 0.467. The van der Waals surface area contributed by atoms with Crippen LogP contribution in [-0.4, -0.2) is 23.0 Å². The number of hydrogen-bond donors (Lipinski definition) is 1. The van der Waals surface area contributed by atoms with Crippen molar-refractivity contribution >= 4 is 17.5 Å². The van der Waals surface area contributed by atoms with E-state index in [0.717, 1.165) is 66.6 Å². The third kappa shape index (κ3) is 3.66. The number of nitrogens with one attached hydrogen (secondary N) is 1. The van der Waals surface area contributed by atoms with Crippen molar-refractivity contribution in [2.24, 2.45) is 52.3 Å². The molecular formula is C29H49NOS. The monoisotopic (exact) mass is 459 g/mol. The van der Waals surface area contributed by atoms with E-state index in [1.807, 2.05) is 11.8 Å². The van der Waals surface area contributed by atoms with Crippen LogP contribution in [0.25, 0.3) is 0 Å². The van der Waals surface area contributed by atoms with Gasteiger partial charge in [-0.05, 0) is 97.2 Å². The maximum Gasteiger partial charge on any atom is 0.163 e. The van der Waals surface area contributed by atoms with Gasteiger partial charge in [0, 0.05) is 18.7 Å². The number of Topliss-reactive ketones (excluding diaryl/α,β-unsaturated/α-hetero) is 1. The molecule has 0 bridgehead atoms. The SMILES string of the molecule is CC(C)CCC[C@@H](C)[C@H]1CC[C@H]2[C@@H]3CC[C@@H]4C[C@]5(NCCS5)C(=O)C[C@]4(C)[C@H]3CC[C@]12C. The first kappa shape index (κ1) is 23.7. The van der Waals surface area contributed by atoms with Crippen molar-refractivity contribution in [3.05, 3.63) is 0 Å². The number of thioether (sulfide) groups is 1. The molecular weight excluding hydrogens is 410 g/mol. The Morgan fingerprint density at radius 3 is 2.50 bits per heavy atom. The number of carbonyl (C=O) groups excluding carboxylic acids is 1. The van der Waals surface area contributed by atoms with E-state index >= 15 is 0 Å². The molecule has 9 atom stereocenters. The van der Waals surface area contributed by atoms with Crippen molar-refractivity contribution in [3.8, 4) is 0 Å². The lowest BCUT2D eigenvalue weighted by atomic mass is 9.44. The Morgan fingerprint density at radius 1 is 1.00 bits per heavy atom. The van der Waals surface area contributed by atoms with E-state index in [1.54, 1.807) is 0 Å². The van der Waals surface area contributed by atoms with Gasteiger partial charge in [-0.1, -0.05) is 53.9 Å². The normalized spacial score (nSPS) is 49.2. The highest BCUT2D eigenvalue weighted by molar-refractivity contribution is 8.01. The van der Waals surface area contributed by atoms with Crippen LogP contribution in [0.15, 0.2) is 0 Å². The van der Waals surface area contributed by atoms with E-state index in [2.05, 4.69) is 39.9 Å². The minimum atomic E-state index is -0.218. The van der Waals surface area contributed by atoms with Crippen molar-refractivity contribution in [1.82, 2.24) is 5.32 Å². The molecule has 1 spiro atoms. The molecule has 5 rings (SSSR count). The van der Waals surface area contributed by atoms with Crippen LogP contribution >= 0.6 is 11.8 Å². The summed E-state index contributed by atoms with van der Waals surface area (Å²) in [5.41, 5.74) is 0.822. The second kappa shape index (κ2) is 8.58. The van der Waals surface area contributed by atoms with Crippen LogP contribution in [0.3, 0.4) is 0 Å². The first-order chi connectivity index (χ1) is 15.2. The predicted octanol–water partition coefficient (Wildman–Crippen LogP) is 7.32. The van der Waals surface area contributed by atoms with Crippen LogP contribution in [0.5, 0.6) is 0 Å². The molecule has 2 nitrogen and oxygen atoms in total. The topological polar surface area (TPSA) is 29.1 Å². The van der Waals surface area contributed by atoms with Gasteiger partial charge in [-0.25, -0.2) is 0 Å². The third-order valence-corrected chi connectivity index (χ3v) is 13.1. The Kier molecular flexibility index (Phi) is 6.35.